The van der Waals surface area contributed by atoms with E-state index in [4.69, 9.17) is 5.11 Å². The van der Waals surface area contributed by atoms with E-state index in [9.17, 15) is 20.1 Å². The molecule has 5 nitrogen and oxygen atoms in total. The topological polar surface area (TPSA) is 98.0 Å². The van der Waals surface area contributed by atoms with Gasteiger partial charge < -0.3 is 20.4 Å². The Hall–Kier alpha value is -1.69. The van der Waals surface area contributed by atoms with Crippen LogP contribution < -0.4 is 0 Å². The summed E-state index contributed by atoms with van der Waals surface area (Å²) in [5.41, 5.74) is -2.80. The largest absolute Gasteiger partial charge is 0.481 e. The summed E-state index contributed by atoms with van der Waals surface area (Å²) in [6.07, 6.45) is 19.3. The van der Waals surface area contributed by atoms with E-state index >= 15 is 0 Å². The van der Waals surface area contributed by atoms with Crippen LogP contribution >= 0.6 is 0 Å². The maximum atomic E-state index is 11.2. The van der Waals surface area contributed by atoms with Gasteiger partial charge in [0.05, 0.1) is 17.8 Å². The quantitative estimate of drug-likeness (QED) is 0.206. The highest BCUT2D eigenvalue weighted by atomic mass is 16.4. The third kappa shape index (κ3) is 9.16. The predicted octanol–water partition coefficient (Wildman–Crippen LogP) is 5.96. The first kappa shape index (κ1) is 30.3. The van der Waals surface area contributed by atoms with Gasteiger partial charge in [-0.3, -0.25) is 4.79 Å². The first-order valence-electron chi connectivity index (χ1n) is 12.7. The van der Waals surface area contributed by atoms with E-state index in [-0.39, 0.29) is 6.42 Å². The summed E-state index contributed by atoms with van der Waals surface area (Å²) in [5.74, 6) is -0.871. The number of aliphatic hydroxyl groups is 3. The van der Waals surface area contributed by atoms with Crippen molar-refractivity contribution in [1.82, 2.24) is 0 Å². The van der Waals surface area contributed by atoms with E-state index in [2.05, 4.69) is 19.9 Å². The van der Waals surface area contributed by atoms with Gasteiger partial charge >= 0.3 is 5.97 Å². The highest BCUT2D eigenvalue weighted by molar-refractivity contribution is 5.66. The van der Waals surface area contributed by atoms with Crippen molar-refractivity contribution in [2.75, 3.05) is 0 Å². The van der Waals surface area contributed by atoms with E-state index in [0.717, 1.165) is 19.3 Å². The number of carboxylic acids is 1. The molecule has 0 fully saturated rings. The minimum absolute atomic E-state index is 0.00210. The van der Waals surface area contributed by atoms with Crippen molar-refractivity contribution in [2.45, 2.75) is 111 Å². The van der Waals surface area contributed by atoms with Gasteiger partial charge in [0.25, 0.3) is 0 Å². The van der Waals surface area contributed by atoms with Gasteiger partial charge in [0, 0.05) is 17.3 Å². The molecule has 0 radical (unpaired) electrons. The number of aliphatic carboxylic acids is 1. The molecule has 0 aromatic carbocycles. The fourth-order valence-electron chi connectivity index (χ4n) is 4.22. The molecular formula is C29H48O5. The molecule has 194 valence electrons. The third-order valence-corrected chi connectivity index (χ3v) is 7.76. The van der Waals surface area contributed by atoms with Crippen LogP contribution in [0.4, 0.5) is 0 Å². The van der Waals surface area contributed by atoms with Crippen molar-refractivity contribution >= 4 is 5.97 Å². The second-order valence-corrected chi connectivity index (χ2v) is 11.4. The molecular weight excluding hydrogens is 428 g/mol. The maximum absolute atomic E-state index is 11.2. The maximum Gasteiger partial charge on any atom is 0.303 e. The number of hydrogen-bond acceptors (Lipinski definition) is 4. The van der Waals surface area contributed by atoms with Crippen LogP contribution in [0.15, 0.2) is 48.6 Å². The third-order valence-electron chi connectivity index (χ3n) is 7.76. The summed E-state index contributed by atoms with van der Waals surface area (Å²) in [7, 11) is 0. The molecule has 0 amide bonds. The standard InChI is InChI=1S/C29H48O5/c1-7-8-11-14-23(30)25(33)28(5)17-13-10-9-12-16-27(4,19-21-28)20-22-29(6,34)26(2,3)18-15-24(31)32/h9-10,12-13,16-17,20,22-23,25,30,33-34H,7-8,11,14-15,18-19,21H2,1-6H3,(H,31,32)/b10-9+,16-12-,17-13+,22-20+/t23?,25?,27?,28?,29-/m1/s1. The van der Waals surface area contributed by atoms with Crippen molar-refractivity contribution in [2.24, 2.45) is 16.2 Å². The minimum atomic E-state index is -1.19. The number of aliphatic hydroxyl groups excluding tert-OH is 2. The van der Waals surface area contributed by atoms with Gasteiger partial charge in [0.1, 0.15) is 0 Å². The van der Waals surface area contributed by atoms with Gasteiger partial charge in [-0.25, -0.2) is 0 Å². The Kier molecular flexibility index (Phi) is 11.5. The van der Waals surface area contributed by atoms with E-state index in [1.165, 1.54) is 0 Å². The summed E-state index contributed by atoms with van der Waals surface area (Å²) in [6, 6.07) is 0. The minimum Gasteiger partial charge on any atom is -0.481 e. The monoisotopic (exact) mass is 476 g/mol. The van der Waals surface area contributed by atoms with Crippen LogP contribution in [0, 0.1) is 16.2 Å². The number of carbonyl (C=O) groups is 1. The molecule has 0 aliphatic heterocycles. The van der Waals surface area contributed by atoms with Crippen molar-refractivity contribution in [3.63, 3.8) is 0 Å². The van der Waals surface area contributed by atoms with E-state index < -0.39 is 40.0 Å². The van der Waals surface area contributed by atoms with Crippen LogP contribution in [-0.4, -0.2) is 44.2 Å². The van der Waals surface area contributed by atoms with Gasteiger partial charge in [0.15, 0.2) is 0 Å². The summed E-state index contributed by atoms with van der Waals surface area (Å²) >= 11 is 0. The number of allylic oxidation sites excluding steroid dienone is 6. The fourth-order valence-corrected chi connectivity index (χ4v) is 4.22. The zero-order valence-electron chi connectivity index (χ0n) is 22.1. The van der Waals surface area contributed by atoms with Crippen LogP contribution in [0.25, 0.3) is 0 Å². The molecule has 5 atom stereocenters. The molecule has 0 aromatic heterocycles. The molecule has 1 aliphatic rings. The Morgan fingerprint density at radius 2 is 1.65 bits per heavy atom. The SMILES string of the molecule is CCCCCC(O)C(O)C1(C)/C=C/C=C/C=C\C(C)(/C=C/[C@@](C)(O)C(C)(C)CCC(=O)O)CC1. The second-order valence-electron chi connectivity index (χ2n) is 11.4. The molecule has 0 spiro atoms. The first-order chi connectivity index (χ1) is 15.7. The zero-order valence-corrected chi connectivity index (χ0v) is 22.1. The van der Waals surface area contributed by atoms with Crippen LogP contribution in [0.3, 0.4) is 0 Å². The van der Waals surface area contributed by atoms with Crippen LogP contribution in [0.2, 0.25) is 0 Å². The van der Waals surface area contributed by atoms with Gasteiger partial charge in [-0.1, -0.05) is 102 Å². The molecule has 34 heavy (non-hydrogen) atoms. The molecule has 0 bridgehead atoms. The molecule has 1 rings (SSSR count). The van der Waals surface area contributed by atoms with E-state index in [0.29, 0.717) is 25.7 Å². The lowest BCUT2D eigenvalue weighted by Gasteiger charge is -2.39. The molecule has 0 saturated carbocycles. The van der Waals surface area contributed by atoms with E-state index in [1.54, 1.807) is 13.0 Å². The molecule has 0 aromatic rings. The normalized spacial score (nSPS) is 30.3. The molecule has 4 N–H and O–H groups in total. The smallest absolute Gasteiger partial charge is 0.303 e. The van der Waals surface area contributed by atoms with Crippen molar-refractivity contribution in [3.8, 4) is 0 Å². The Morgan fingerprint density at radius 1 is 1.03 bits per heavy atom. The van der Waals surface area contributed by atoms with Gasteiger partial charge in [-0.05, 0) is 38.0 Å². The summed E-state index contributed by atoms with van der Waals surface area (Å²) in [5, 5.41) is 42.0. The first-order valence-corrected chi connectivity index (χ1v) is 12.7. The lowest BCUT2D eigenvalue weighted by Crippen LogP contribution is -2.41. The van der Waals surface area contributed by atoms with Crippen LogP contribution in [0.1, 0.15) is 92.9 Å². The number of unbranched alkanes of at least 4 members (excludes halogenated alkanes) is 2. The molecule has 4 unspecified atom stereocenters. The Bertz CT molecular complexity index is 760. The van der Waals surface area contributed by atoms with E-state index in [1.807, 2.05) is 57.2 Å². The van der Waals surface area contributed by atoms with Crippen LogP contribution in [-0.2, 0) is 4.79 Å². The highest BCUT2D eigenvalue weighted by Gasteiger charge is 2.39. The predicted molar refractivity (Wildman–Crippen MR) is 139 cm³/mol. The Balaban J connectivity index is 3.10. The number of rotatable bonds is 12. The number of hydrogen-bond donors (Lipinski definition) is 4. The Morgan fingerprint density at radius 3 is 2.24 bits per heavy atom. The molecule has 5 heteroatoms. The zero-order chi connectivity index (χ0) is 26.0. The fraction of sp³-hybridized carbons (Fsp3) is 0.690. The second kappa shape index (κ2) is 12.9. The number of carboxylic acid groups (broad SMARTS) is 1. The summed E-state index contributed by atoms with van der Waals surface area (Å²) < 4.78 is 0. The lowest BCUT2D eigenvalue weighted by molar-refractivity contribution is -0.138. The van der Waals surface area contributed by atoms with Gasteiger partial charge in [0.2, 0.25) is 0 Å². The summed E-state index contributed by atoms with van der Waals surface area (Å²) in [4.78, 5) is 11.0. The van der Waals surface area contributed by atoms with Crippen molar-refractivity contribution in [1.29, 1.82) is 0 Å². The van der Waals surface area contributed by atoms with Crippen molar-refractivity contribution < 1.29 is 25.2 Å². The Labute approximate surface area is 207 Å². The van der Waals surface area contributed by atoms with Crippen LogP contribution in [0.5, 0.6) is 0 Å². The average Bonchev–Trinajstić information content (AvgIpc) is 2.77. The summed E-state index contributed by atoms with van der Waals surface area (Å²) in [6.45, 7) is 11.7. The highest BCUT2D eigenvalue weighted by Crippen LogP contribution is 2.41. The molecule has 1 aliphatic carbocycles. The molecule has 0 heterocycles. The van der Waals surface area contributed by atoms with Crippen molar-refractivity contribution in [3.05, 3.63) is 48.6 Å². The van der Waals surface area contributed by atoms with Gasteiger partial charge in [-0.2, -0.15) is 0 Å². The lowest BCUT2D eigenvalue weighted by atomic mass is 9.69. The van der Waals surface area contributed by atoms with Gasteiger partial charge in [-0.15, -0.1) is 0 Å². The average molecular weight is 477 g/mol. The molecule has 0 saturated heterocycles.